The molecule has 0 saturated carbocycles. The van der Waals surface area contributed by atoms with E-state index in [2.05, 4.69) is 4.84 Å². The maximum absolute atomic E-state index is 5.07. The van der Waals surface area contributed by atoms with E-state index in [4.69, 9.17) is 11.8 Å². The number of rotatable bonds is 1. The summed E-state index contributed by atoms with van der Waals surface area (Å²) in [6, 6.07) is 0. The zero-order valence-electron chi connectivity index (χ0n) is 3.73. The van der Waals surface area contributed by atoms with E-state index >= 15 is 0 Å². The molecule has 0 radical (unpaired) electrons. The van der Waals surface area contributed by atoms with Gasteiger partial charge in [-0.15, -0.1) is 4.58 Å². The first kappa shape index (κ1) is 9.48. The van der Waals surface area contributed by atoms with Gasteiger partial charge in [-0.2, -0.15) is 0 Å². The van der Waals surface area contributed by atoms with Crippen molar-refractivity contribution < 1.29 is 10.3 Å². The van der Waals surface area contributed by atoms with Crippen LogP contribution in [0.15, 0.2) is 0 Å². The molecule has 4 heteroatoms. The number of hydrogen-bond donors (Lipinski definition) is 0. The van der Waals surface area contributed by atoms with E-state index in [1.54, 1.807) is 7.05 Å². The summed E-state index contributed by atoms with van der Waals surface area (Å²) in [5, 5.41) is 0. The Labute approximate surface area is 41.8 Å². The quantitative estimate of drug-likeness (QED) is 0.350. The van der Waals surface area contributed by atoms with Gasteiger partial charge in [-0.1, -0.05) is 0 Å². The van der Waals surface area contributed by atoms with Gasteiger partial charge in [0.05, 0.1) is 7.11 Å². The Bertz CT molecular complexity index is 25.5. The Hall–Kier alpha value is 0.170. The number of halogens is 1. The van der Waals surface area contributed by atoms with Gasteiger partial charge < -0.3 is 5.48 Å². The van der Waals surface area contributed by atoms with E-state index in [-0.39, 0.29) is 5.48 Å². The van der Waals surface area contributed by atoms with Gasteiger partial charge in [0.25, 0.3) is 0 Å². The highest BCUT2D eigenvalue weighted by Crippen LogP contribution is 1.81. The van der Waals surface area contributed by atoms with Crippen molar-refractivity contribution >= 4 is 11.8 Å². The van der Waals surface area contributed by atoms with Crippen LogP contribution in [0.25, 0.3) is 0 Å². The Balaban J connectivity index is 0. The molecule has 0 rings (SSSR count). The highest BCUT2D eigenvalue weighted by molar-refractivity contribution is 6.12. The average molecular weight is 114 g/mol. The summed E-state index contributed by atoms with van der Waals surface area (Å²) in [6.45, 7) is 0. The van der Waals surface area contributed by atoms with Gasteiger partial charge in [0.15, 0.2) is 0 Å². The standard InChI is InChI=1S/C2H6ClNO.H2O/c1-4(3)5-2;/h1-2H3;1H2. The first-order valence-corrected chi connectivity index (χ1v) is 1.55. The maximum Gasteiger partial charge on any atom is 0.0590 e. The minimum atomic E-state index is 0. The summed E-state index contributed by atoms with van der Waals surface area (Å²) in [7, 11) is 3.09. The Morgan fingerprint density at radius 2 is 1.83 bits per heavy atom. The molecule has 6 heavy (non-hydrogen) atoms. The number of hydroxylamine groups is 1. The van der Waals surface area contributed by atoms with Crippen molar-refractivity contribution in [3.8, 4) is 0 Å². The van der Waals surface area contributed by atoms with Gasteiger partial charge in [0, 0.05) is 18.8 Å². The largest absolute Gasteiger partial charge is 0.412 e. The molecule has 0 amide bonds. The monoisotopic (exact) mass is 113 g/mol. The highest BCUT2D eigenvalue weighted by atomic mass is 35.5. The van der Waals surface area contributed by atoms with Crippen LogP contribution in [0, 0.1) is 0 Å². The van der Waals surface area contributed by atoms with Crippen molar-refractivity contribution in [1.29, 1.82) is 0 Å². The van der Waals surface area contributed by atoms with Crippen LogP contribution in [0.5, 0.6) is 0 Å². The minimum Gasteiger partial charge on any atom is -0.412 e. The molecule has 0 aromatic rings. The van der Waals surface area contributed by atoms with Crippen molar-refractivity contribution in [2.75, 3.05) is 14.2 Å². The first-order valence-electron chi connectivity index (χ1n) is 1.21. The average Bonchev–Trinajstić information content (AvgIpc) is 1.38. The first-order chi connectivity index (χ1) is 2.27. The molecule has 0 aliphatic rings. The summed E-state index contributed by atoms with van der Waals surface area (Å²) in [6.07, 6.45) is 0. The molecule has 0 aromatic carbocycles. The third-order valence-electron chi connectivity index (χ3n) is 0.252. The predicted octanol–water partition coefficient (Wildman–Crippen LogP) is -0.191. The second-order valence-corrected chi connectivity index (χ2v) is 1.08. The molecule has 0 atom stereocenters. The van der Waals surface area contributed by atoms with Crippen LogP contribution in [-0.2, 0) is 4.84 Å². The van der Waals surface area contributed by atoms with Crippen molar-refractivity contribution in [3.63, 3.8) is 0 Å². The van der Waals surface area contributed by atoms with E-state index in [1.807, 2.05) is 0 Å². The lowest BCUT2D eigenvalue weighted by atomic mass is 11.5. The van der Waals surface area contributed by atoms with Crippen LogP contribution in [-0.4, -0.2) is 24.2 Å². The van der Waals surface area contributed by atoms with E-state index in [1.165, 1.54) is 7.11 Å². The van der Waals surface area contributed by atoms with E-state index in [9.17, 15) is 0 Å². The maximum atomic E-state index is 5.07. The molecular formula is C2H8ClNO2. The van der Waals surface area contributed by atoms with Crippen LogP contribution < -0.4 is 0 Å². The normalized spacial score (nSPS) is 8.00. The second kappa shape index (κ2) is 5.17. The van der Waals surface area contributed by atoms with Gasteiger partial charge in [0.2, 0.25) is 0 Å². The molecule has 0 aromatic heterocycles. The zero-order chi connectivity index (χ0) is 4.28. The SMILES string of the molecule is CON(C)Cl.O. The minimum absolute atomic E-state index is 0. The fraction of sp³-hybridized carbons (Fsp3) is 1.00. The molecular weight excluding hydrogens is 105 g/mol. The molecule has 0 fully saturated rings. The smallest absolute Gasteiger partial charge is 0.0590 e. The van der Waals surface area contributed by atoms with Crippen LogP contribution in [0.4, 0.5) is 0 Å². The Morgan fingerprint density at radius 1 is 1.67 bits per heavy atom. The van der Waals surface area contributed by atoms with Crippen LogP contribution >= 0.6 is 11.8 Å². The molecule has 2 N–H and O–H groups in total. The number of nitrogens with zero attached hydrogens (tertiary/aromatic N) is 1. The van der Waals surface area contributed by atoms with E-state index < -0.39 is 0 Å². The lowest BCUT2D eigenvalue weighted by Crippen LogP contribution is -1.99. The topological polar surface area (TPSA) is 44.0 Å². The van der Waals surface area contributed by atoms with Crippen molar-refractivity contribution in [2.45, 2.75) is 0 Å². The molecule has 0 unspecified atom stereocenters. The van der Waals surface area contributed by atoms with Crippen molar-refractivity contribution in [3.05, 3.63) is 0 Å². The molecule has 0 aliphatic heterocycles. The van der Waals surface area contributed by atoms with Gasteiger partial charge >= 0.3 is 0 Å². The summed E-state index contributed by atoms with van der Waals surface area (Å²) >= 11 is 5.07. The van der Waals surface area contributed by atoms with Crippen LogP contribution in [0.2, 0.25) is 0 Å². The Morgan fingerprint density at radius 3 is 1.83 bits per heavy atom. The fourth-order valence-electron chi connectivity index (χ4n) is 0. The summed E-state index contributed by atoms with van der Waals surface area (Å²) < 4.78 is 1.10. The molecule has 0 spiro atoms. The third kappa shape index (κ3) is 8.90. The summed E-state index contributed by atoms with van der Waals surface area (Å²) in [5.41, 5.74) is 0. The van der Waals surface area contributed by atoms with Gasteiger partial charge in [0.1, 0.15) is 0 Å². The summed E-state index contributed by atoms with van der Waals surface area (Å²) in [5.74, 6) is 0. The molecule has 3 nitrogen and oxygen atoms in total. The van der Waals surface area contributed by atoms with Crippen molar-refractivity contribution in [2.24, 2.45) is 0 Å². The van der Waals surface area contributed by atoms with Crippen LogP contribution in [0.3, 0.4) is 0 Å². The fourth-order valence-corrected chi connectivity index (χ4v) is 0. The second-order valence-electron chi connectivity index (χ2n) is 0.603. The number of hydrogen-bond acceptors (Lipinski definition) is 2. The van der Waals surface area contributed by atoms with Crippen LogP contribution in [0.1, 0.15) is 0 Å². The molecule has 0 bridgehead atoms. The van der Waals surface area contributed by atoms with Gasteiger partial charge in [-0.25, -0.2) is 0 Å². The molecule has 40 valence electrons. The molecule has 0 saturated heterocycles. The highest BCUT2D eigenvalue weighted by Gasteiger charge is 1.75. The molecule has 0 aliphatic carbocycles. The van der Waals surface area contributed by atoms with E-state index in [0.717, 1.165) is 4.58 Å². The van der Waals surface area contributed by atoms with Gasteiger partial charge in [-0.3, -0.25) is 4.84 Å². The van der Waals surface area contributed by atoms with Crippen molar-refractivity contribution in [1.82, 2.24) is 4.58 Å². The van der Waals surface area contributed by atoms with E-state index in [0.29, 0.717) is 0 Å². The lowest BCUT2D eigenvalue weighted by Gasteiger charge is -1.96. The zero-order valence-corrected chi connectivity index (χ0v) is 4.49. The molecule has 0 heterocycles. The third-order valence-corrected chi connectivity index (χ3v) is 0.390. The lowest BCUT2D eigenvalue weighted by molar-refractivity contribution is -0.0242. The summed E-state index contributed by atoms with van der Waals surface area (Å²) in [4.78, 5) is 4.35. The Kier molecular flexibility index (Phi) is 8.17. The predicted molar refractivity (Wildman–Crippen MR) is 24.2 cm³/mol. The van der Waals surface area contributed by atoms with Gasteiger partial charge in [-0.05, 0) is 0 Å².